The molecular formula is C36H49FN2O3. The molecule has 1 aliphatic heterocycles. The van der Waals surface area contributed by atoms with Crippen LogP contribution in [-0.4, -0.2) is 53.3 Å². The maximum atomic E-state index is 15.2. The molecule has 2 aromatic carbocycles. The molecule has 228 valence electrons. The maximum Gasteiger partial charge on any atom is 0.165 e. The van der Waals surface area contributed by atoms with Crippen molar-refractivity contribution in [1.29, 1.82) is 0 Å². The highest BCUT2D eigenvalue weighted by molar-refractivity contribution is 5.40. The SMILES string of the molecule is COC1=CC(N(C)Cc2ccc(OCCN3C(C)(C)CCCC3(C)C)c(F)c2)=C(C2CCc3cc(O)ccc3C2)CC1. The van der Waals surface area contributed by atoms with Gasteiger partial charge in [0.2, 0.25) is 0 Å². The largest absolute Gasteiger partial charge is 0.508 e. The number of aromatic hydroxyl groups is 1. The fraction of sp³-hybridized carbons (Fsp3) is 0.556. The Kier molecular flexibility index (Phi) is 8.94. The van der Waals surface area contributed by atoms with Crippen LogP contribution < -0.4 is 4.74 Å². The summed E-state index contributed by atoms with van der Waals surface area (Å²) in [6.45, 7) is 11.0. The van der Waals surface area contributed by atoms with Crippen molar-refractivity contribution < 1.29 is 19.0 Å². The summed E-state index contributed by atoms with van der Waals surface area (Å²) in [4.78, 5) is 4.76. The number of methoxy groups -OCH3 is 1. The van der Waals surface area contributed by atoms with Crippen molar-refractivity contribution >= 4 is 0 Å². The highest BCUT2D eigenvalue weighted by Crippen LogP contribution is 2.40. The third-order valence-corrected chi connectivity index (χ3v) is 9.88. The van der Waals surface area contributed by atoms with Gasteiger partial charge < -0.3 is 19.5 Å². The van der Waals surface area contributed by atoms with Crippen molar-refractivity contribution in [3.63, 3.8) is 0 Å². The molecule has 5 rings (SSSR count). The quantitative estimate of drug-likeness (QED) is 0.330. The zero-order chi connectivity index (χ0) is 30.1. The highest BCUT2D eigenvalue weighted by atomic mass is 19.1. The first kappa shape index (κ1) is 30.5. The van der Waals surface area contributed by atoms with E-state index in [1.54, 1.807) is 25.3 Å². The number of piperidine rings is 1. The molecule has 0 saturated carbocycles. The van der Waals surface area contributed by atoms with Gasteiger partial charge in [-0.3, -0.25) is 4.90 Å². The summed E-state index contributed by atoms with van der Waals surface area (Å²) in [5.74, 6) is 1.78. The van der Waals surface area contributed by atoms with Crippen molar-refractivity contribution in [2.75, 3.05) is 27.3 Å². The summed E-state index contributed by atoms with van der Waals surface area (Å²) < 4.78 is 26.9. The molecule has 0 amide bonds. The third kappa shape index (κ3) is 6.64. The molecule has 0 bridgehead atoms. The molecule has 1 atom stereocenters. The van der Waals surface area contributed by atoms with E-state index in [4.69, 9.17) is 9.47 Å². The highest BCUT2D eigenvalue weighted by Gasteiger charge is 2.40. The van der Waals surface area contributed by atoms with Crippen molar-refractivity contribution in [3.05, 3.63) is 82.0 Å². The predicted octanol–water partition coefficient (Wildman–Crippen LogP) is 7.77. The number of benzene rings is 2. The molecule has 1 fully saturated rings. The molecule has 6 heteroatoms. The molecule has 5 nitrogen and oxygen atoms in total. The average Bonchev–Trinajstić information content (AvgIpc) is 2.94. The number of fused-ring (bicyclic) bond motifs is 1. The number of nitrogens with zero attached hydrogens (tertiary/aromatic N) is 2. The Balaban J connectivity index is 1.27. The van der Waals surface area contributed by atoms with E-state index in [2.05, 4.69) is 56.7 Å². The smallest absolute Gasteiger partial charge is 0.165 e. The van der Waals surface area contributed by atoms with Gasteiger partial charge in [0.1, 0.15) is 12.4 Å². The van der Waals surface area contributed by atoms with Crippen LogP contribution in [0.2, 0.25) is 0 Å². The Bertz CT molecular complexity index is 1330. The number of hydrogen-bond acceptors (Lipinski definition) is 5. The minimum atomic E-state index is -0.309. The predicted molar refractivity (Wildman–Crippen MR) is 167 cm³/mol. The van der Waals surface area contributed by atoms with E-state index in [1.165, 1.54) is 41.7 Å². The first-order valence-electron chi connectivity index (χ1n) is 15.7. The van der Waals surface area contributed by atoms with E-state index >= 15 is 4.39 Å². The van der Waals surface area contributed by atoms with Crippen LogP contribution in [-0.2, 0) is 24.1 Å². The van der Waals surface area contributed by atoms with E-state index in [-0.39, 0.29) is 16.9 Å². The molecule has 1 N–H and O–H groups in total. The van der Waals surface area contributed by atoms with Gasteiger partial charge in [0, 0.05) is 43.3 Å². The zero-order valence-corrected chi connectivity index (χ0v) is 26.4. The van der Waals surface area contributed by atoms with Crippen LogP contribution in [0.15, 0.2) is 59.5 Å². The normalized spacial score (nSPS) is 21.9. The number of rotatable bonds is 9. The molecule has 1 saturated heterocycles. The molecule has 0 aromatic heterocycles. The lowest BCUT2D eigenvalue weighted by atomic mass is 9.76. The Morgan fingerprint density at radius 3 is 2.48 bits per heavy atom. The van der Waals surface area contributed by atoms with Gasteiger partial charge in [0.15, 0.2) is 11.6 Å². The Labute approximate surface area is 252 Å². The van der Waals surface area contributed by atoms with Crippen molar-refractivity contribution in [2.24, 2.45) is 5.92 Å². The van der Waals surface area contributed by atoms with Crippen molar-refractivity contribution in [3.8, 4) is 11.5 Å². The zero-order valence-electron chi connectivity index (χ0n) is 26.4. The number of likely N-dealkylation sites (tertiary alicyclic amines) is 1. The van der Waals surface area contributed by atoms with E-state index in [1.807, 2.05) is 12.1 Å². The summed E-state index contributed by atoms with van der Waals surface area (Å²) in [5, 5.41) is 9.91. The van der Waals surface area contributed by atoms with Crippen LogP contribution in [0.4, 0.5) is 4.39 Å². The summed E-state index contributed by atoms with van der Waals surface area (Å²) in [5.41, 5.74) is 6.35. The van der Waals surface area contributed by atoms with Crippen LogP contribution in [0.5, 0.6) is 11.5 Å². The Hall–Kier alpha value is -2.99. The van der Waals surface area contributed by atoms with Gasteiger partial charge in [-0.2, -0.15) is 0 Å². The van der Waals surface area contributed by atoms with Gasteiger partial charge in [-0.15, -0.1) is 0 Å². The minimum Gasteiger partial charge on any atom is -0.508 e. The summed E-state index contributed by atoms with van der Waals surface area (Å²) in [7, 11) is 3.82. The summed E-state index contributed by atoms with van der Waals surface area (Å²) in [6.07, 6.45) is 10.6. The topological polar surface area (TPSA) is 45.2 Å². The fourth-order valence-electron chi connectivity index (χ4n) is 7.69. The molecule has 1 unspecified atom stereocenters. The Morgan fingerprint density at radius 1 is 1.00 bits per heavy atom. The second kappa shape index (κ2) is 12.3. The van der Waals surface area contributed by atoms with E-state index in [0.29, 0.717) is 30.6 Å². The number of ether oxygens (including phenoxy) is 2. The monoisotopic (exact) mass is 576 g/mol. The van der Waals surface area contributed by atoms with Crippen LogP contribution in [0.1, 0.15) is 82.9 Å². The standard InChI is InChI=1S/C36H49FN2O3/c1-35(2)16-7-17-36(3,4)39(35)18-19-42-34-15-8-25(20-32(34)37)24-38(5)33-23-30(41-6)13-14-31(33)28-10-9-27-22-29(40)12-11-26(27)21-28/h8,11-12,15,20,22-23,28,40H,7,9-10,13-14,16-19,21,24H2,1-6H3. The fourth-order valence-corrected chi connectivity index (χ4v) is 7.69. The number of halogens is 1. The van der Waals surface area contributed by atoms with Crippen LogP contribution in [0.25, 0.3) is 0 Å². The van der Waals surface area contributed by atoms with Gasteiger partial charge >= 0.3 is 0 Å². The number of allylic oxidation sites excluding steroid dienone is 3. The van der Waals surface area contributed by atoms with Gasteiger partial charge in [-0.1, -0.05) is 12.1 Å². The van der Waals surface area contributed by atoms with Gasteiger partial charge in [0.05, 0.1) is 12.9 Å². The third-order valence-electron chi connectivity index (χ3n) is 9.88. The molecule has 2 aliphatic carbocycles. The van der Waals surface area contributed by atoms with Crippen molar-refractivity contribution in [2.45, 2.75) is 96.7 Å². The van der Waals surface area contributed by atoms with Crippen LogP contribution in [0, 0.1) is 11.7 Å². The van der Waals surface area contributed by atoms with E-state index in [9.17, 15) is 5.11 Å². The van der Waals surface area contributed by atoms with Gasteiger partial charge in [-0.25, -0.2) is 4.39 Å². The lowest BCUT2D eigenvalue weighted by Gasteiger charge is -2.53. The molecule has 42 heavy (non-hydrogen) atoms. The summed E-state index contributed by atoms with van der Waals surface area (Å²) in [6, 6.07) is 11.2. The Morgan fingerprint density at radius 2 is 1.76 bits per heavy atom. The molecule has 0 spiro atoms. The molecular weight excluding hydrogens is 527 g/mol. The first-order chi connectivity index (χ1) is 20.0. The second-order valence-electron chi connectivity index (χ2n) is 13.7. The van der Waals surface area contributed by atoms with Crippen LogP contribution in [0.3, 0.4) is 0 Å². The molecule has 2 aromatic rings. The number of hydrogen-bond donors (Lipinski definition) is 1. The van der Waals surface area contributed by atoms with E-state index < -0.39 is 0 Å². The number of phenolic OH excluding ortho intramolecular Hbond substituents is 1. The van der Waals surface area contributed by atoms with Gasteiger partial charge in [-0.05, 0) is 131 Å². The van der Waals surface area contributed by atoms with Crippen molar-refractivity contribution in [1.82, 2.24) is 9.80 Å². The van der Waals surface area contributed by atoms with Crippen LogP contribution >= 0.6 is 0 Å². The number of phenols is 1. The maximum absolute atomic E-state index is 15.2. The van der Waals surface area contributed by atoms with E-state index in [0.717, 1.165) is 50.0 Å². The second-order valence-corrected chi connectivity index (χ2v) is 13.7. The average molecular weight is 577 g/mol. The molecule has 3 aliphatic rings. The molecule has 0 radical (unpaired) electrons. The van der Waals surface area contributed by atoms with Gasteiger partial charge in [0.25, 0.3) is 0 Å². The lowest BCUT2D eigenvalue weighted by Crippen LogP contribution is -2.59. The minimum absolute atomic E-state index is 0.117. The lowest BCUT2D eigenvalue weighted by molar-refractivity contribution is -0.0342. The molecule has 1 heterocycles. The number of likely N-dealkylation sites (N-methyl/N-ethyl adjacent to an activating group) is 1. The summed E-state index contributed by atoms with van der Waals surface area (Å²) >= 11 is 0. The number of aryl methyl sites for hydroxylation is 1. The first-order valence-corrected chi connectivity index (χ1v) is 15.7.